The van der Waals surface area contributed by atoms with Gasteiger partial charge in [0.05, 0.1) is 12.1 Å². The van der Waals surface area contributed by atoms with E-state index >= 15 is 0 Å². The van der Waals surface area contributed by atoms with Crippen LogP contribution >= 0.6 is 0 Å². The van der Waals surface area contributed by atoms with E-state index in [0.717, 1.165) is 0 Å². The smallest absolute Gasteiger partial charge is 0.237 e. The Morgan fingerprint density at radius 3 is 2.68 bits per heavy atom. The molecule has 0 unspecified atom stereocenters. The number of halogens is 2. The lowest BCUT2D eigenvalue weighted by molar-refractivity contribution is -0.122. The van der Waals surface area contributed by atoms with Crippen molar-refractivity contribution in [3.05, 3.63) is 35.4 Å². The number of carbonyl (C=O) groups is 1. The SMILES string of the molecule is O=C(NCCc1c(F)cccc1F)[C@H]1C[C@@H](O)CN1. The zero-order chi connectivity index (χ0) is 13.8. The summed E-state index contributed by atoms with van der Waals surface area (Å²) in [5.74, 6) is -1.47. The van der Waals surface area contributed by atoms with Crippen molar-refractivity contribution in [2.45, 2.75) is 25.0 Å². The molecule has 1 aliphatic heterocycles. The first-order valence-corrected chi connectivity index (χ1v) is 6.20. The van der Waals surface area contributed by atoms with Gasteiger partial charge in [0, 0.05) is 18.7 Å². The molecule has 1 fully saturated rings. The Morgan fingerprint density at radius 1 is 1.42 bits per heavy atom. The second-order valence-corrected chi connectivity index (χ2v) is 4.59. The number of hydrogen-bond donors (Lipinski definition) is 3. The van der Waals surface area contributed by atoms with Crippen molar-refractivity contribution in [2.24, 2.45) is 0 Å². The van der Waals surface area contributed by atoms with Crippen LogP contribution in [0.15, 0.2) is 18.2 Å². The molecule has 1 amide bonds. The highest BCUT2D eigenvalue weighted by atomic mass is 19.1. The van der Waals surface area contributed by atoms with Gasteiger partial charge in [-0.05, 0) is 25.0 Å². The van der Waals surface area contributed by atoms with Crippen LogP contribution < -0.4 is 10.6 Å². The van der Waals surface area contributed by atoms with E-state index in [4.69, 9.17) is 0 Å². The van der Waals surface area contributed by atoms with Crippen molar-refractivity contribution >= 4 is 5.91 Å². The van der Waals surface area contributed by atoms with Gasteiger partial charge in [-0.25, -0.2) is 8.78 Å². The number of β-amino-alcohol motifs (C(OH)–C–C–N with tert-alkyl or cyclic N) is 1. The lowest BCUT2D eigenvalue weighted by Gasteiger charge is -2.11. The Hall–Kier alpha value is -1.53. The number of aliphatic hydroxyl groups is 1. The van der Waals surface area contributed by atoms with E-state index < -0.39 is 23.8 Å². The molecule has 1 aromatic carbocycles. The minimum atomic E-state index is -0.608. The van der Waals surface area contributed by atoms with E-state index in [1.54, 1.807) is 0 Å². The van der Waals surface area contributed by atoms with Crippen LogP contribution in [0, 0.1) is 11.6 Å². The molecule has 1 aromatic rings. The number of aliphatic hydroxyl groups excluding tert-OH is 1. The highest BCUT2D eigenvalue weighted by Gasteiger charge is 2.27. The number of rotatable bonds is 4. The zero-order valence-corrected chi connectivity index (χ0v) is 10.3. The van der Waals surface area contributed by atoms with Crippen LogP contribution in [0.1, 0.15) is 12.0 Å². The summed E-state index contributed by atoms with van der Waals surface area (Å²) in [6.07, 6.45) is -0.0564. The molecule has 2 atom stereocenters. The Balaban J connectivity index is 1.82. The van der Waals surface area contributed by atoms with Crippen LogP contribution in [0.25, 0.3) is 0 Å². The summed E-state index contributed by atoms with van der Waals surface area (Å²) in [6.45, 7) is 0.547. The number of carbonyl (C=O) groups excluding carboxylic acids is 1. The molecule has 0 bridgehead atoms. The van der Waals surface area contributed by atoms with Crippen molar-refractivity contribution in [3.8, 4) is 0 Å². The van der Waals surface area contributed by atoms with Crippen molar-refractivity contribution in [2.75, 3.05) is 13.1 Å². The maximum absolute atomic E-state index is 13.3. The first kappa shape index (κ1) is 13.9. The maximum atomic E-state index is 13.3. The summed E-state index contributed by atoms with van der Waals surface area (Å²) < 4.78 is 26.7. The van der Waals surface area contributed by atoms with Crippen molar-refractivity contribution in [1.29, 1.82) is 0 Å². The van der Waals surface area contributed by atoms with Gasteiger partial charge in [-0.15, -0.1) is 0 Å². The molecule has 1 saturated heterocycles. The molecule has 4 nitrogen and oxygen atoms in total. The van der Waals surface area contributed by atoms with E-state index in [1.807, 2.05) is 0 Å². The van der Waals surface area contributed by atoms with Gasteiger partial charge >= 0.3 is 0 Å². The topological polar surface area (TPSA) is 61.4 Å². The number of amides is 1. The number of hydrogen-bond acceptors (Lipinski definition) is 3. The fraction of sp³-hybridized carbons (Fsp3) is 0.462. The Kier molecular flexibility index (Phi) is 4.44. The number of nitrogens with one attached hydrogen (secondary N) is 2. The standard InChI is InChI=1S/C13H16F2N2O2/c14-10-2-1-3-11(15)9(10)4-5-16-13(19)12-6-8(18)7-17-12/h1-3,8,12,17-18H,4-7H2,(H,16,19)/t8-,12-/m1/s1. The first-order valence-electron chi connectivity index (χ1n) is 6.20. The summed E-state index contributed by atoms with van der Waals surface area (Å²) in [5, 5.41) is 14.8. The molecule has 19 heavy (non-hydrogen) atoms. The molecule has 104 valence electrons. The second-order valence-electron chi connectivity index (χ2n) is 4.59. The van der Waals surface area contributed by atoms with Gasteiger partial charge in [0.25, 0.3) is 0 Å². The van der Waals surface area contributed by atoms with Crippen LogP contribution in [0.4, 0.5) is 8.78 Å². The average Bonchev–Trinajstić information content (AvgIpc) is 2.79. The fourth-order valence-corrected chi connectivity index (χ4v) is 2.12. The summed E-state index contributed by atoms with van der Waals surface area (Å²) in [6, 6.07) is 3.25. The van der Waals surface area contributed by atoms with E-state index in [1.165, 1.54) is 18.2 Å². The van der Waals surface area contributed by atoms with Gasteiger partial charge in [0.1, 0.15) is 11.6 Å². The molecule has 3 N–H and O–H groups in total. The molecular formula is C13H16F2N2O2. The molecule has 2 rings (SSSR count). The molecule has 1 aliphatic rings. The number of benzene rings is 1. The van der Waals surface area contributed by atoms with E-state index in [-0.39, 0.29) is 24.4 Å². The van der Waals surface area contributed by atoms with Crippen LogP contribution in [0.5, 0.6) is 0 Å². The monoisotopic (exact) mass is 270 g/mol. The maximum Gasteiger partial charge on any atom is 0.237 e. The van der Waals surface area contributed by atoms with Crippen molar-refractivity contribution in [1.82, 2.24) is 10.6 Å². The predicted molar refractivity (Wildman–Crippen MR) is 65.5 cm³/mol. The molecule has 6 heteroatoms. The van der Waals surface area contributed by atoms with Crippen molar-refractivity contribution in [3.63, 3.8) is 0 Å². The zero-order valence-electron chi connectivity index (χ0n) is 10.3. The Morgan fingerprint density at radius 2 is 2.11 bits per heavy atom. The van der Waals surface area contributed by atoms with E-state index in [2.05, 4.69) is 10.6 Å². The highest BCUT2D eigenvalue weighted by Crippen LogP contribution is 2.12. The van der Waals surface area contributed by atoms with Gasteiger partial charge in [0.2, 0.25) is 5.91 Å². The van der Waals surface area contributed by atoms with Gasteiger partial charge in [-0.2, -0.15) is 0 Å². The quantitative estimate of drug-likeness (QED) is 0.739. The van der Waals surface area contributed by atoms with Crippen molar-refractivity contribution < 1.29 is 18.7 Å². The van der Waals surface area contributed by atoms with Crippen LogP contribution in [0.3, 0.4) is 0 Å². The highest BCUT2D eigenvalue weighted by molar-refractivity contribution is 5.82. The molecular weight excluding hydrogens is 254 g/mol. The largest absolute Gasteiger partial charge is 0.392 e. The summed E-state index contributed by atoms with van der Waals surface area (Å²) >= 11 is 0. The third-order valence-electron chi connectivity index (χ3n) is 3.16. The molecule has 0 radical (unpaired) electrons. The van der Waals surface area contributed by atoms with Crippen LogP contribution in [0.2, 0.25) is 0 Å². The first-order chi connectivity index (χ1) is 9.08. The lowest BCUT2D eigenvalue weighted by Crippen LogP contribution is -2.41. The van der Waals surface area contributed by atoms with Gasteiger partial charge in [0.15, 0.2) is 0 Å². The minimum Gasteiger partial charge on any atom is -0.392 e. The molecule has 0 aromatic heterocycles. The van der Waals surface area contributed by atoms with E-state index in [9.17, 15) is 18.7 Å². The second kappa shape index (κ2) is 6.08. The third kappa shape index (κ3) is 3.48. The Labute approximate surface area is 109 Å². The average molecular weight is 270 g/mol. The summed E-state index contributed by atoms with van der Waals surface area (Å²) in [5.41, 5.74) is -0.0257. The summed E-state index contributed by atoms with van der Waals surface area (Å²) in [4.78, 5) is 11.7. The molecule has 1 heterocycles. The normalized spacial score (nSPS) is 22.5. The third-order valence-corrected chi connectivity index (χ3v) is 3.16. The molecule has 0 spiro atoms. The predicted octanol–water partition coefficient (Wildman–Crippen LogP) is 0.346. The van der Waals surface area contributed by atoms with Gasteiger partial charge in [-0.3, -0.25) is 4.79 Å². The van der Waals surface area contributed by atoms with Crippen LogP contribution in [-0.2, 0) is 11.2 Å². The van der Waals surface area contributed by atoms with Gasteiger partial charge in [-0.1, -0.05) is 6.07 Å². The molecule has 0 saturated carbocycles. The van der Waals surface area contributed by atoms with E-state index in [0.29, 0.717) is 13.0 Å². The Bertz CT molecular complexity index is 448. The lowest BCUT2D eigenvalue weighted by atomic mass is 10.1. The van der Waals surface area contributed by atoms with Gasteiger partial charge < -0.3 is 15.7 Å². The van der Waals surface area contributed by atoms with Crippen LogP contribution in [-0.4, -0.2) is 36.2 Å². The molecule has 0 aliphatic carbocycles. The summed E-state index contributed by atoms with van der Waals surface area (Å²) in [7, 11) is 0. The fourth-order valence-electron chi connectivity index (χ4n) is 2.12. The minimum absolute atomic E-state index is 0.0257.